The van der Waals surface area contributed by atoms with Crippen molar-refractivity contribution in [2.75, 3.05) is 13.2 Å². The predicted molar refractivity (Wildman–Crippen MR) is 87.2 cm³/mol. The van der Waals surface area contributed by atoms with Gasteiger partial charge in [0.25, 0.3) is 0 Å². The molecule has 2 aromatic carbocycles. The van der Waals surface area contributed by atoms with E-state index in [4.69, 9.17) is 23.2 Å². The molecule has 0 atom stereocenters. The van der Waals surface area contributed by atoms with Gasteiger partial charge in [-0.15, -0.1) is 0 Å². The zero-order valence-corrected chi connectivity index (χ0v) is 13.3. The molecule has 0 radical (unpaired) electrons. The third kappa shape index (κ3) is 3.58. The van der Waals surface area contributed by atoms with Crippen LogP contribution in [-0.2, 0) is 11.8 Å². The molecule has 0 saturated heterocycles. The Morgan fingerprint density at radius 2 is 1.52 bits per heavy atom. The number of hydrogen-bond acceptors (Lipinski definition) is 2. The van der Waals surface area contributed by atoms with Crippen LogP contribution in [0, 0.1) is 6.92 Å². The molecule has 21 heavy (non-hydrogen) atoms. The summed E-state index contributed by atoms with van der Waals surface area (Å²) >= 11 is 12.0. The molecular formula is C17H18Cl2O2. The van der Waals surface area contributed by atoms with Crippen molar-refractivity contribution in [2.45, 2.75) is 18.8 Å². The SMILES string of the molecule is Cc1ccc(C(CO)(CO)Cc2ccc(Cl)c(Cl)c2)cc1. The maximum Gasteiger partial charge on any atom is 0.0595 e. The Bertz CT molecular complexity index is 605. The Kier molecular flexibility index (Phi) is 5.28. The van der Waals surface area contributed by atoms with Gasteiger partial charge in [-0.1, -0.05) is 59.1 Å². The quantitative estimate of drug-likeness (QED) is 0.879. The summed E-state index contributed by atoms with van der Waals surface area (Å²) in [5.74, 6) is 0. The van der Waals surface area contributed by atoms with Crippen molar-refractivity contribution in [2.24, 2.45) is 0 Å². The number of hydrogen-bond donors (Lipinski definition) is 2. The van der Waals surface area contributed by atoms with Crippen molar-refractivity contribution in [1.29, 1.82) is 0 Å². The molecule has 2 aromatic rings. The number of halogens is 2. The molecule has 2 rings (SSSR count). The first kappa shape index (κ1) is 16.3. The van der Waals surface area contributed by atoms with Gasteiger partial charge in [-0.3, -0.25) is 0 Å². The highest BCUT2D eigenvalue weighted by Crippen LogP contribution is 2.31. The highest BCUT2D eigenvalue weighted by Gasteiger charge is 2.31. The minimum absolute atomic E-state index is 0.146. The zero-order chi connectivity index (χ0) is 15.5. The van der Waals surface area contributed by atoms with Gasteiger partial charge in [0.2, 0.25) is 0 Å². The fourth-order valence-corrected chi connectivity index (χ4v) is 2.71. The number of aryl methyl sites for hydroxylation is 1. The summed E-state index contributed by atoms with van der Waals surface area (Å²) in [6.07, 6.45) is 0.486. The predicted octanol–water partition coefficient (Wildman–Crippen LogP) is 3.77. The summed E-state index contributed by atoms with van der Waals surface area (Å²) in [5.41, 5.74) is 2.24. The molecule has 0 aromatic heterocycles. The van der Waals surface area contributed by atoms with Crippen LogP contribution in [0.1, 0.15) is 16.7 Å². The summed E-state index contributed by atoms with van der Waals surface area (Å²) in [5, 5.41) is 20.7. The van der Waals surface area contributed by atoms with Crippen molar-refractivity contribution in [1.82, 2.24) is 0 Å². The second kappa shape index (κ2) is 6.80. The maximum absolute atomic E-state index is 9.87. The van der Waals surface area contributed by atoms with E-state index in [9.17, 15) is 10.2 Å². The van der Waals surface area contributed by atoms with Gasteiger partial charge >= 0.3 is 0 Å². The van der Waals surface area contributed by atoms with E-state index in [1.54, 1.807) is 12.1 Å². The van der Waals surface area contributed by atoms with E-state index in [1.165, 1.54) is 0 Å². The molecule has 2 nitrogen and oxygen atoms in total. The highest BCUT2D eigenvalue weighted by atomic mass is 35.5. The molecule has 0 spiro atoms. The van der Waals surface area contributed by atoms with Gasteiger partial charge in [-0.2, -0.15) is 0 Å². The Labute approximate surface area is 135 Å². The van der Waals surface area contributed by atoms with Crippen LogP contribution in [0.3, 0.4) is 0 Å². The molecule has 0 aliphatic carbocycles. The lowest BCUT2D eigenvalue weighted by atomic mass is 9.76. The van der Waals surface area contributed by atoms with E-state index in [0.717, 1.165) is 16.7 Å². The van der Waals surface area contributed by atoms with Gasteiger partial charge in [-0.05, 0) is 36.6 Å². The van der Waals surface area contributed by atoms with Crippen LogP contribution < -0.4 is 0 Å². The first-order valence-electron chi connectivity index (χ1n) is 6.73. The summed E-state index contributed by atoms with van der Waals surface area (Å²) in [6.45, 7) is 1.71. The van der Waals surface area contributed by atoms with E-state index in [0.29, 0.717) is 16.5 Å². The molecule has 2 N–H and O–H groups in total. The molecule has 0 aliphatic heterocycles. The first-order valence-corrected chi connectivity index (χ1v) is 7.49. The first-order chi connectivity index (χ1) is 10.0. The fourth-order valence-electron chi connectivity index (χ4n) is 2.39. The lowest BCUT2D eigenvalue weighted by Gasteiger charge is -2.31. The normalized spacial score (nSPS) is 11.7. The van der Waals surface area contributed by atoms with Crippen LogP contribution in [-0.4, -0.2) is 23.4 Å². The van der Waals surface area contributed by atoms with Crippen LogP contribution in [0.25, 0.3) is 0 Å². The van der Waals surface area contributed by atoms with Crippen molar-refractivity contribution in [3.63, 3.8) is 0 Å². The number of benzene rings is 2. The van der Waals surface area contributed by atoms with Crippen LogP contribution in [0.5, 0.6) is 0 Å². The van der Waals surface area contributed by atoms with Gasteiger partial charge in [0.15, 0.2) is 0 Å². The standard InChI is InChI=1S/C17H18Cl2O2/c1-12-2-5-14(6-3-12)17(10-20,11-21)9-13-4-7-15(18)16(19)8-13/h2-8,20-21H,9-11H2,1H3. The van der Waals surface area contributed by atoms with Crippen LogP contribution in [0.15, 0.2) is 42.5 Å². The summed E-state index contributed by atoms with van der Waals surface area (Å²) in [4.78, 5) is 0. The van der Waals surface area contributed by atoms with Gasteiger partial charge in [0, 0.05) is 5.41 Å². The Morgan fingerprint density at radius 3 is 2.05 bits per heavy atom. The number of aliphatic hydroxyl groups is 2. The third-order valence-corrected chi connectivity index (χ3v) is 4.53. The van der Waals surface area contributed by atoms with E-state index < -0.39 is 5.41 Å². The zero-order valence-electron chi connectivity index (χ0n) is 11.8. The molecule has 0 amide bonds. The molecule has 4 heteroatoms. The van der Waals surface area contributed by atoms with Crippen molar-refractivity contribution in [3.05, 3.63) is 69.2 Å². The smallest absolute Gasteiger partial charge is 0.0595 e. The average molecular weight is 325 g/mol. The van der Waals surface area contributed by atoms with E-state index in [1.807, 2.05) is 37.3 Å². The lowest BCUT2D eigenvalue weighted by Crippen LogP contribution is -2.37. The minimum Gasteiger partial charge on any atom is -0.395 e. The largest absolute Gasteiger partial charge is 0.395 e. The van der Waals surface area contributed by atoms with Gasteiger partial charge in [-0.25, -0.2) is 0 Å². The van der Waals surface area contributed by atoms with Crippen molar-refractivity contribution < 1.29 is 10.2 Å². The highest BCUT2D eigenvalue weighted by molar-refractivity contribution is 6.42. The minimum atomic E-state index is -0.731. The topological polar surface area (TPSA) is 40.5 Å². The molecule has 0 fully saturated rings. The monoisotopic (exact) mass is 324 g/mol. The molecule has 0 saturated carbocycles. The second-order valence-corrected chi connectivity index (χ2v) is 6.20. The van der Waals surface area contributed by atoms with Crippen molar-refractivity contribution >= 4 is 23.2 Å². The second-order valence-electron chi connectivity index (χ2n) is 5.39. The Balaban J connectivity index is 2.37. The molecule has 0 unspecified atom stereocenters. The van der Waals surface area contributed by atoms with Crippen LogP contribution in [0.4, 0.5) is 0 Å². The van der Waals surface area contributed by atoms with E-state index >= 15 is 0 Å². The molecule has 112 valence electrons. The number of aliphatic hydroxyl groups excluding tert-OH is 2. The Morgan fingerprint density at radius 1 is 0.905 bits per heavy atom. The summed E-state index contributed by atoms with van der Waals surface area (Å²) < 4.78 is 0. The average Bonchev–Trinajstić information content (AvgIpc) is 2.49. The molecule has 0 heterocycles. The number of rotatable bonds is 5. The van der Waals surface area contributed by atoms with Gasteiger partial charge < -0.3 is 10.2 Å². The maximum atomic E-state index is 9.87. The van der Waals surface area contributed by atoms with Gasteiger partial charge in [0.1, 0.15) is 0 Å². The van der Waals surface area contributed by atoms with E-state index in [2.05, 4.69) is 0 Å². The van der Waals surface area contributed by atoms with E-state index in [-0.39, 0.29) is 13.2 Å². The fraction of sp³-hybridized carbons (Fsp3) is 0.294. The third-order valence-electron chi connectivity index (χ3n) is 3.80. The lowest BCUT2D eigenvalue weighted by molar-refractivity contribution is 0.116. The summed E-state index contributed by atoms with van der Waals surface area (Å²) in [6, 6.07) is 13.2. The Hall–Kier alpha value is -1.06. The molecule has 0 aliphatic rings. The molecule has 0 bridgehead atoms. The van der Waals surface area contributed by atoms with Crippen molar-refractivity contribution in [3.8, 4) is 0 Å². The summed E-state index contributed by atoms with van der Waals surface area (Å²) in [7, 11) is 0. The molecular weight excluding hydrogens is 307 g/mol. The van der Waals surface area contributed by atoms with Crippen LogP contribution in [0.2, 0.25) is 10.0 Å². The van der Waals surface area contributed by atoms with Gasteiger partial charge in [0.05, 0.1) is 23.3 Å². The van der Waals surface area contributed by atoms with Crippen LogP contribution >= 0.6 is 23.2 Å².